The molecule has 0 amide bonds. The van der Waals surface area contributed by atoms with Crippen LogP contribution in [0.5, 0.6) is 0 Å². The molecule has 1 N–H and O–H groups in total. The summed E-state index contributed by atoms with van der Waals surface area (Å²) in [4.78, 5) is 0. The van der Waals surface area contributed by atoms with E-state index in [-0.39, 0.29) is 11.9 Å². The molecular weight excluding hydrogens is 317 g/mol. The average Bonchev–Trinajstić information content (AvgIpc) is 2.42. The third-order valence-corrected chi connectivity index (χ3v) is 3.95. The van der Waals surface area contributed by atoms with Gasteiger partial charge < -0.3 is 5.32 Å². The number of aryl methyl sites for hydroxylation is 2. The van der Waals surface area contributed by atoms with Crippen molar-refractivity contribution < 1.29 is 4.39 Å². The Morgan fingerprint density at radius 1 is 1.15 bits per heavy atom. The highest BCUT2D eigenvalue weighted by Gasteiger charge is 2.07. The van der Waals surface area contributed by atoms with Gasteiger partial charge in [-0.1, -0.05) is 40.2 Å². The van der Waals surface area contributed by atoms with E-state index < -0.39 is 0 Å². The van der Waals surface area contributed by atoms with Crippen molar-refractivity contribution in [2.24, 2.45) is 0 Å². The van der Waals surface area contributed by atoms with Gasteiger partial charge in [0.05, 0.1) is 0 Å². The minimum absolute atomic E-state index is 0.103. The van der Waals surface area contributed by atoms with Crippen LogP contribution in [0, 0.1) is 19.7 Å². The Balaban J connectivity index is 2.05. The molecule has 106 valence electrons. The van der Waals surface area contributed by atoms with E-state index >= 15 is 0 Å². The number of benzene rings is 2. The van der Waals surface area contributed by atoms with Crippen LogP contribution in [-0.4, -0.2) is 0 Å². The summed E-state index contributed by atoms with van der Waals surface area (Å²) >= 11 is 3.48. The summed E-state index contributed by atoms with van der Waals surface area (Å²) < 4.78 is 14.7. The molecule has 1 nitrogen and oxygen atoms in total. The van der Waals surface area contributed by atoms with Gasteiger partial charge in [-0.15, -0.1) is 0 Å². The van der Waals surface area contributed by atoms with Gasteiger partial charge in [-0.3, -0.25) is 0 Å². The number of halogens is 2. The van der Waals surface area contributed by atoms with Crippen LogP contribution in [0.2, 0.25) is 0 Å². The molecule has 1 unspecified atom stereocenters. The topological polar surface area (TPSA) is 12.0 Å². The Bertz CT molecular complexity index is 587. The molecule has 0 aliphatic rings. The zero-order valence-electron chi connectivity index (χ0n) is 12.0. The molecule has 2 aromatic rings. The SMILES string of the molecule is Cc1cc(CNC(C)c2cccc(Br)c2)cc(C)c1F. The Morgan fingerprint density at radius 3 is 2.40 bits per heavy atom. The predicted octanol–water partition coefficient (Wildman–Crippen LogP) is 5.06. The van der Waals surface area contributed by atoms with Gasteiger partial charge in [-0.05, 0) is 55.2 Å². The van der Waals surface area contributed by atoms with Gasteiger partial charge in [-0.25, -0.2) is 4.39 Å². The van der Waals surface area contributed by atoms with Crippen molar-refractivity contribution in [2.45, 2.75) is 33.4 Å². The molecule has 0 spiro atoms. The first-order valence-corrected chi connectivity index (χ1v) is 7.51. The van der Waals surface area contributed by atoms with E-state index in [9.17, 15) is 4.39 Å². The summed E-state index contributed by atoms with van der Waals surface area (Å²) in [5, 5.41) is 3.47. The largest absolute Gasteiger partial charge is 0.306 e. The van der Waals surface area contributed by atoms with Crippen molar-refractivity contribution in [3.63, 3.8) is 0 Å². The minimum atomic E-state index is -0.103. The second-order valence-electron chi connectivity index (χ2n) is 5.20. The second kappa shape index (κ2) is 6.51. The third-order valence-electron chi connectivity index (χ3n) is 3.46. The zero-order chi connectivity index (χ0) is 14.7. The minimum Gasteiger partial charge on any atom is -0.306 e. The number of hydrogen-bond acceptors (Lipinski definition) is 1. The lowest BCUT2D eigenvalue weighted by Gasteiger charge is -2.15. The zero-order valence-corrected chi connectivity index (χ0v) is 13.6. The smallest absolute Gasteiger partial charge is 0.129 e. The first kappa shape index (κ1) is 15.2. The Labute approximate surface area is 128 Å². The molecule has 3 heteroatoms. The highest BCUT2D eigenvalue weighted by molar-refractivity contribution is 9.10. The number of nitrogens with one attached hydrogen (secondary N) is 1. The summed E-state index contributed by atoms with van der Waals surface area (Å²) in [6.45, 7) is 6.48. The fourth-order valence-corrected chi connectivity index (χ4v) is 2.72. The lowest BCUT2D eigenvalue weighted by atomic mass is 10.0. The van der Waals surface area contributed by atoms with Crippen molar-refractivity contribution in [2.75, 3.05) is 0 Å². The summed E-state index contributed by atoms with van der Waals surface area (Å²) in [5.41, 5.74) is 3.76. The van der Waals surface area contributed by atoms with E-state index in [4.69, 9.17) is 0 Å². The molecule has 0 fully saturated rings. The van der Waals surface area contributed by atoms with E-state index in [1.54, 1.807) is 0 Å². The van der Waals surface area contributed by atoms with Gasteiger partial charge in [-0.2, -0.15) is 0 Å². The van der Waals surface area contributed by atoms with E-state index in [1.807, 2.05) is 38.1 Å². The van der Waals surface area contributed by atoms with Gasteiger partial charge in [0.1, 0.15) is 5.82 Å². The standard InChI is InChI=1S/C17H19BrFN/c1-11-7-14(8-12(2)17(11)19)10-20-13(3)15-5-4-6-16(18)9-15/h4-9,13,20H,10H2,1-3H3. The lowest BCUT2D eigenvalue weighted by Crippen LogP contribution is -2.18. The Hall–Kier alpha value is -1.19. The van der Waals surface area contributed by atoms with Gasteiger partial charge in [0.2, 0.25) is 0 Å². The van der Waals surface area contributed by atoms with E-state index in [0.717, 1.165) is 16.6 Å². The Morgan fingerprint density at radius 2 is 1.80 bits per heavy atom. The molecule has 0 bridgehead atoms. The fourth-order valence-electron chi connectivity index (χ4n) is 2.30. The van der Waals surface area contributed by atoms with Crippen LogP contribution in [-0.2, 0) is 6.54 Å². The second-order valence-corrected chi connectivity index (χ2v) is 6.12. The molecular formula is C17H19BrFN. The van der Waals surface area contributed by atoms with Crippen LogP contribution < -0.4 is 5.32 Å². The summed E-state index contributed by atoms with van der Waals surface area (Å²) in [7, 11) is 0. The fraction of sp³-hybridized carbons (Fsp3) is 0.294. The molecule has 0 aromatic heterocycles. The molecule has 20 heavy (non-hydrogen) atoms. The molecule has 2 rings (SSSR count). The predicted molar refractivity (Wildman–Crippen MR) is 85.3 cm³/mol. The maximum atomic E-state index is 13.6. The van der Waals surface area contributed by atoms with Crippen LogP contribution in [0.15, 0.2) is 40.9 Å². The number of rotatable bonds is 4. The van der Waals surface area contributed by atoms with E-state index in [1.165, 1.54) is 5.56 Å². The summed E-state index contributed by atoms with van der Waals surface area (Å²) in [6, 6.07) is 12.3. The maximum absolute atomic E-state index is 13.6. The highest BCUT2D eigenvalue weighted by Crippen LogP contribution is 2.19. The van der Waals surface area contributed by atoms with Crippen LogP contribution in [0.3, 0.4) is 0 Å². The van der Waals surface area contributed by atoms with Gasteiger partial charge in [0.15, 0.2) is 0 Å². The molecule has 0 saturated heterocycles. The highest BCUT2D eigenvalue weighted by atomic mass is 79.9. The van der Waals surface area contributed by atoms with Crippen LogP contribution >= 0.6 is 15.9 Å². The molecule has 0 aliphatic carbocycles. The monoisotopic (exact) mass is 335 g/mol. The van der Waals surface area contributed by atoms with Crippen molar-refractivity contribution in [3.8, 4) is 0 Å². The van der Waals surface area contributed by atoms with Gasteiger partial charge in [0, 0.05) is 17.1 Å². The van der Waals surface area contributed by atoms with Crippen LogP contribution in [0.25, 0.3) is 0 Å². The molecule has 0 heterocycles. The van der Waals surface area contributed by atoms with E-state index in [2.05, 4.69) is 40.3 Å². The number of hydrogen-bond donors (Lipinski definition) is 1. The summed E-state index contributed by atoms with van der Waals surface area (Å²) in [5.74, 6) is -0.103. The van der Waals surface area contributed by atoms with Gasteiger partial charge >= 0.3 is 0 Å². The van der Waals surface area contributed by atoms with E-state index in [0.29, 0.717) is 11.1 Å². The molecule has 0 radical (unpaired) electrons. The van der Waals surface area contributed by atoms with Crippen LogP contribution in [0.4, 0.5) is 4.39 Å². The normalized spacial score (nSPS) is 12.4. The lowest BCUT2D eigenvalue weighted by molar-refractivity contribution is 0.570. The van der Waals surface area contributed by atoms with Crippen molar-refractivity contribution >= 4 is 15.9 Å². The maximum Gasteiger partial charge on any atom is 0.129 e. The molecule has 1 atom stereocenters. The van der Waals surface area contributed by atoms with Gasteiger partial charge in [0.25, 0.3) is 0 Å². The third kappa shape index (κ3) is 3.68. The quantitative estimate of drug-likeness (QED) is 0.823. The average molecular weight is 336 g/mol. The summed E-state index contributed by atoms with van der Waals surface area (Å²) in [6.07, 6.45) is 0. The Kier molecular flexibility index (Phi) is 4.95. The van der Waals surface area contributed by atoms with Crippen LogP contribution in [0.1, 0.15) is 35.2 Å². The molecule has 2 aromatic carbocycles. The van der Waals surface area contributed by atoms with Crippen molar-refractivity contribution in [1.29, 1.82) is 0 Å². The van der Waals surface area contributed by atoms with Crippen molar-refractivity contribution in [1.82, 2.24) is 5.32 Å². The first-order chi connectivity index (χ1) is 9.47. The first-order valence-electron chi connectivity index (χ1n) is 6.72. The van der Waals surface area contributed by atoms with Crippen molar-refractivity contribution in [3.05, 3.63) is 68.9 Å². The molecule has 0 aliphatic heterocycles. The molecule has 0 saturated carbocycles.